The van der Waals surface area contributed by atoms with E-state index in [0.29, 0.717) is 15.3 Å². The summed E-state index contributed by atoms with van der Waals surface area (Å²) in [5, 5.41) is 0.585. The molecular weight excluding hydrogens is 417 g/mol. The van der Waals surface area contributed by atoms with Gasteiger partial charge in [-0.1, -0.05) is 11.6 Å². The number of nitrogens with zero attached hydrogens (tertiary/aromatic N) is 1. The maximum Gasteiger partial charge on any atom is 0.182 e. The van der Waals surface area contributed by atoms with Crippen molar-refractivity contribution < 1.29 is 8.78 Å². The number of imidazole rings is 1. The van der Waals surface area contributed by atoms with E-state index >= 15 is 0 Å². The van der Waals surface area contributed by atoms with Gasteiger partial charge in [0.1, 0.15) is 11.3 Å². The molecule has 20 heavy (non-hydrogen) atoms. The average Bonchev–Trinajstić information content (AvgIpc) is 2.67. The van der Waals surface area contributed by atoms with Crippen LogP contribution in [0.2, 0.25) is 5.02 Å². The molecule has 0 amide bonds. The van der Waals surface area contributed by atoms with Gasteiger partial charge in [-0.15, -0.1) is 0 Å². The predicted octanol–water partition coefficient (Wildman–Crippen LogP) is 5.22. The summed E-state index contributed by atoms with van der Waals surface area (Å²) in [7, 11) is 0. The van der Waals surface area contributed by atoms with Crippen molar-refractivity contribution in [3.05, 3.63) is 55.3 Å². The van der Waals surface area contributed by atoms with Crippen LogP contribution in [0.15, 0.2) is 30.3 Å². The van der Waals surface area contributed by atoms with Gasteiger partial charge >= 0.3 is 0 Å². The SMILES string of the molecule is Fc1cc(F)c2[nH]c(=S)n(-c3ccc(Cl)cc3I)c2c1. The molecule has 0 aliphatic heterocycles. The Morgan fingerprint density at radius 2 is 1.95 bits per heavy atom. The number of nitrogens with one attached hydrogen (secondary N) is 1. The van der Waals surface area contributed by atoms with Gasteiger partial charge in [0, 0.05) is 20.7 Å². The Hall–Kier alpha value is -0.990. The van der Waals surface area contributed by atoms with E-state index in [1.165, 1.54) is 6.07 Å². The highest BCUT2D eigenvalue weighted by Crippen LogP contribution is 2.27. The van der Waals surface area contributed by atoms with E-state index in [2.05, 4.69) is 27.6 Å². The average molecular weight is 423 g/mol. The van der Waals surface area contributed by atoms with Gasteiger partial charge in [0.05, 0.1) is 11.2 Å². The topological polar surface area (TPSA) is 20.7 Å². The predicted molar refractivity (Wildman–Crippen MR) is 86.1 cm³/mol. The molecule has 0 saturated carbocycles. The Kier molecular flexibility index (Phi) is 3.55. The van der Waals surface area contributed by atoms with Gasteiger partial charge in [-0.25, -0.2) is 8.78 Å². The van der Waals surface area contributed by atoms with Gasteiger partial charge in [-0.3, -0.25) is 4.57 Å². The second kappa shape index (κ2) is 5.09. The summed E-state index contributed by atoms with van der Waals surface area (Å²) in [5.41, 5.74) is 1.26. The second-order valence-corrected chi connectivity index (χ2v) is 6.13. The van der Waals surface area contributed by atoms with Crippen molar-refractivity contribution in [3.63, 3.8) is 0 Å². The third kappa shape index (κ3) is 2.25. The van der Waals surface area contributed by atoms with Crippen LogP contribution < -0.4 is 0 Å². The van der Waals surface area contributed by atoms with E-state index < -0.39 is 11.6 Å². The Balaban J connectivity index is 2.42. The first-order valence-electron chi connectivity index (χ1n) is 5.52. The van der Waals surface area contributed by atoms with Crippen LogP contribution in [0.5, 0.6) is 0 Å². The Labute approximate surface area is 136 Å². The molecular formula is C13H6ClF2IN2S. The number of hydrogen-bond acceptors (Lipinski definition) is 1. The van der Waals surface area contributed by atoms with E-state index in [4.69, 9.17) is 23.8 Å². The number of fused-ring (bicyclic) bond motifs is 1. The number of halogens is 4. The largest absolute Gasteiger partial charge is 0.328 e. The zero-order valence-electron chi connectivity index (χ0n) is 9.75. The maximum atomic E-state index is 13.8. The minimum atomic E-state index is -0.672. The van der Waals surface area contributed by atoms with Gasteiger partial charge in [-0.05, 0) is 53.0 Å². The number of benzene rings is 2. The highest BCUT2D eigenvalue weighted by Gasteiger charge is 2.14. The lowest BCUT2D eigenvalue weighted by Crippen LogP contribution is -1.97. The number of aromatic nitrogens is 2. The van der Waals surface area contributed by atoms with Crippen LogP contribution in [0.4, 0.5) is 8.78 Å². The van der Waals surface area contributed by atoms with Gasteiger partial charge in [-0.2, -0.15) is 0 Å². The molecule has 3 aromatic rings. The van der Waals surface area contributed by atoms with Crippen molar-refractivity contribution in [1.29, 1.82) is 0 Å². The highest BCUT2D eigenvalue weighted by atomic mass is 127. The molecule has 2 aromatic carbocycles. The number of H-pyrrole nitrogens is 1. The monoisotopic (exact) mass is 422 g/mol. The smallest absolute Gasteiger partial charge is 0.182 e. The molecule has 0 saturated heterocycles. The zero-order valence-corrected chi connectivity index (χ0v) is 13.5. The number of rotatable bonds is 1. The fourth-order valence-corrected chi connectivity index (χ4v) is 3.45. The van der Waals surface area contributed by atoms with Crippen LogP contribution in [0, 0.1) is 20.0 Å². The quantitative estimate of drug-likeness (QED) is 0.421. The van der Waals surface area contributed by atoms with Crippen molar-refractivity contribution in [2.45, 2.75) is 0 Å². The third-order valence-corrected chi connectivity index (χ3v) is 4.24. The standard InChI is InChI=1S/C13H6ClF2IN2S/c14-6-1-2-10(9(17)3-6)19-11-5-7(15)4-8(16)12(11)18-13(19)20/h1-5H,(H,18,20). The fraction of sp³-hybridized carbons (Fsp3) is 0. The molecule has 0 aliphatic carbocycles. The number of aromatic amines is 1. The molecule has 0 atom stereocenters. The van der Waals surface area contributed by atoms with Gasteiger partial charge < -0.3 is 4.98 Å². The minimum Gasteiger partial charge on any atom is -0.328 e. The van der Waals surface area contributed by atoms with Crippen LogP contribution in [-0.2, 0) is 0 Å². The molecule has 7 heteroatoms. The van der Waals surface area contributed by atoms with Crippen LogP contribution >= 0.6 is 46.4 Å². The molecule has 0 fully saturated rings. The summed E-state index contributed by atoms with van der Waals surface area (Å²) < 4.78 is 29.9. The van der Waals surface area contributed by atoms with Crippen LogP contribution in [0.3, 0.4) is 0 Å². The van der Waals surface area contributed by atoms with Crippen molar-refractivity contribution in [2.24, 2.45) is 0 Å². The molecule has 3 rings (SSSR count). The third-order valence-electron chi connectivity index (χ3n) is 2.86. The second-order valence-electron chi connectivity index (χ2n) is 4.14. The van der Waals surface area contributed by atoms with E-state index in [-0.39, 0.29) is 5.52 Å². The molecule has 1 heterocycles. The minimum absolute atomic E-state index is 0.183. The summed E-state index contributed by atoms with van der Waals surface area (Å²) in [4.78, 5) is 2.76. The molecule has 102 valence electrons. The lowest BCUT2D eigenvalue weighted by molar-refractivity contribution is 0.590. The lowest BCUT2D eigenvalue weighted by atomic mass is 10.2. The first kappa shape index (κ1) is 14.0. The van der Waals surface area contributed by atoms with Crippen molar-refractivity contribution >= 4 is 57.4 Å². The van der Waals surface area contributed by atoms with Gasteiger partial charge in [0.25, 0.3) is 0 Å². The molecule has 0 unspecified atom stereocenters. The Bertz CT molecular complexity index is 888. The normalized spacial score (nSPS) is 11.2. The first-order valence-corrected chi connectivity index (χ1v) is 7.39. The molecule has 0 spiro atoms. The summed E-state index contributed by atoms with van der Waals surface area (Å²) in [5.74, 6) is -1.32. The maximum absolute atomic E-state index is 13.8. The first-order chi connectivity index (χ1) is 9.47. The van der Waals surface area contributed by atoms with E-state index in [1.807, 2.05) is 0 Å². The summed E-state index contributed by atoms with van der Waals surface area (Å²) in [6, 6.07) is 7.29. The molecule has 0 radical (unpaired) electrons. The van der Waals surface area contributed by atoms with Crippen molar-refractivity contribution in [3.8, 4) is 5.69 Å². The van der Waals surface area contributed by atoms with Crippen LogP contribution in [0.1, 0.15) is 0 Å². The van der Waals surface area contributed by atoms with E-state index in [9.17, 15) is 8.78 Å². The zero-order chi connectivity index (χ0) is 14.4. The van der Waals surface area contributed by atoms with Crippen LogP contribution in [-0.4, -0.2) is 9.55 Å². The summed E-state index contributed by atoms with van der Waals surface area (Å²) in [6.45, 7) is 0. The number of hydrogen-bond donors (Lipinski definition) is 1. The molecule has 0 aliphatic rings. The van der Waals surface area contributed by atoms with Gasteiger partial charge in [0.15, 0.2) is 10.6 Å². The molecule has 0 bridgehead atoms. The van der Waals surface area contributed by atoms with Gasteiger partial charge in [0.2, 0.25) is 0 Å². The molecule has 1 N–H and O–H groups in total. The Morgan fingerprint density at radius 3 is 2.65 bits per heavy atom. The molecule has 1 aromatic heterocycles. The van der Waals surface area contributed by atoms with E-state index in [1.54, 1.807) is 22.8 Å². The highest BCUT2D eigenvalue weighted by molar-refractivity contribution is 14.1. The van der Waals surface area contributed by atoms with Crippen molar-refractivity contribution in [2.75, 3.05) is 0 Å². The van der Waals surface area contributed by atoms with E-state index in [0.717, 1.165) is 15.3 Å². The summed E-state index contributed by atoms with van der Waals surface area (Å²) in [6.07, 6.45) is 0. The van der Waals surface area contributed by atoms with Crippen LogP contribution in [0.25, 0.3) is 16.7 Å². The lowest BCUT2D eigenvalue weighted by Gasteiger charge is -2.08. The fourth-order valence-electron chi connectivity index (χ4n) is 2.03. The molecule has 2 nitrogen and oxygen atoms in total. The van der Waals surface area contributed by atoms with Crippen molar-refractivity contribution in [1.82, 2.24) is 9.55 Å². The Morgan fingerprint density at radius 1 is 1.20 bits per heavy atom. The summed E-state index contributed by atoms with van der Waals surface area (Å²) >= 11 is 13.2.